The average molecular weight is 525 g/mol. The number of halogens is 1. The lowest BCUT2D eigenvalue weighted by molar-refractivity contribution is 0.0956. The lowest BCUT2D eigenvalue weighted by Gasteiger charge is -2.34. The van der Waals surface area contributed by atoms with Gasteiger partial charge in [-0.1, -0.05) is 36.6 Å². The van der Waals surface area contributed by atoms with Gasteiger partial charge in [0.25, 0.3) is 5.91 Å². The Morgan fingerprint density at radius 3 is 2.67 bits per heavy atom. The third kappa shape index (κ3) is 4.87. The summed E-state index contributed by atoms with van der Waals surface area (Å²) in [5.74, 6) is 0.504. The first kappa shape index (κ1) is 24.8. The molecule has 0 aromatic heterocycles. The van der Waals surface area contributed by atoms with E-state index in [0.717, 1.165) is 41.6 Å². The summed E-state index contributed by atoms with van der Waals surface area (Å²) < 4.78 is 22.7. The van der Waals surface area contributed by atoms with E-state index < -0.39 is 9.84 Å². The summed E-state index contributed by atoms with van der Waals surface area (Å²) >= 11 is 6.40. The molecule has 2 aliphatic carbocycles. The van der Waals surface area contributed by atoms with E-state index in [0.29, 0.717) is 28.1 Å². The van der Waals surface area contributed by atoms with E-state index in [4.69, 9.17) is 23.3 Å². The Labute approximate surface area is 217 Å². The number of anilines is 1. The smallest absolute Gasteiger partial charge is 0.251 e. The molecule has 7 nitrogen and oxygen atoms in total. The van der Waals surface area contributed by atoms with Gasteiger partial charge in [0.1, 0.15) is 9.84 Å². The third-order valence-corrected chi connectivity index (χ3v) is 8.84. The van der Waals surface area contributed by atoms with Gasteiger partial charge in [-0.05, 0) is 61.4 Å². The Bertz CT molecular complexity index is 1380. The minimum atomic E-state index is -3.13. The fourth-order valence-electron chi connectivity index (χ4n) is 5.89. The van der Waals surface area contributed by atoms with Gasteiger partial charge >= 0.3 is 0 Å². The van der Waals surface area contributed by atoms with Crippen molar-refractivity contribution in [2.75, 3.05) is 23.6 Å². The largest absolute Gasteiger partial charge is 0.351 e. The standard InChI is InChI=1S/C27H29ClN4O3S/c1-29-24-12-9-20(16-23(24)28)32-26(17-5-3-4-6-17)22-11-7-18-15-19(8-10-21(18)25(22)31-32)27(33)30-13-14-36(2,34)35/h8-10,12,15-17,22,26H,3-7,11,13-14H2,2H3,(H,30,33)/t22-,26-/m0/s1. The number of nitrogens with one attached hydrogen (secondary N) is 1. The first-order chi connectivity index (χ1) is 17.2. The molecule has 5 rings (SSSR count). The second-order valence-electron chi connectivity index (χ2n) is 10.0. The molecule has 1 aliphatic heterocycles. The first-order valence-corrected chi connectivity index (χ1v) is 14.8. The molecular formula is C27H29ClN4O3S. The molecule has 3 aliphatic rings. The van der Waals surface area contributed by atoms with Crippen LogP contribution in [-0.2, 0) is 16.3 Å². The highest BCUT2D eigenvalue weighted by molar-refractivity contribution is 7.90. The molecule has 1 N–H and O–H groups in total. The second-order valence-corrected chi connectivity index (χ2v) is 12.7. The first-order valence-electron chi connectivity index (χ1n) is 12.4. The molecule has 0 bridgehead atoms. The van der Waals surface area contributed by atoms with Crippen LogP contribution in [0, 0.1) is 18.4 Å². The molecule has 9 heteroatoms. The Morgan fingerprint density at radius 1 is 1.19 bits per heavy atom. The van der Waals surface area contributed by atoms with Gasteiger partial charge in [-0.2, -0.15) is 5.10 Å². The predicted molar refractivity (Wildman–Crippen MR) is 143 cm³/mol. The molecule has 0 radical (unpaired) electrons. The maximum absolute atomic E-state index is 12.6. The van der Waals surface area contributed by atoms with Crippen molar-refractivity contribution >= 4 is 44.4 Å². The molecule has 188 valence electrons. The van der Waals surface area contributed by atoms with E-state index in [1.807, 2.05) is 24.3 Å². The van der Waals surface area contributed by atoms with Crippen molar-refractivity contribution in [3.8, 4) is 0 Å². The summed E-state index contributed by atoms with van der Waals surface area (Å²) in [5, 5.41) is 10.4. The van der Waals surface area contributed by atoms with Gasteiger partial charge in [0.05, 0.1) is 29.8 Å². The van der Waals surface area contributed by atoms with Crippen LogP contribution in [0.1, 0.15) is 53.6 Å². The van der Waals surface area contributed by atoms with Crippen molar-refractivity contribution in [2.24, 2.45) is 16.9 Å². The minimum absolute atomic E-state index is 0.0819. The van der Waals surface area contributed by atoms with E-state index in [9.17, 15) is 13.2 Å². The van der Waals surface area contributed by atoms with Crippen LogP contribution in [0.25, 0.3) is 4.85 Å². The summed E-state index contributed by atoms with van der Waals surface area (Å²) in [6.07, 6.45) is 7.83. The Morgan fingerprint density at radius 2 is 1.97 bits per heavy atom. The number of carbonyl (C=O) groups excluding carboxylic acids is 1. The van der Waals surface area contributed by atoms with E-state index in [1.54, 1.807) is 12.1 Å². The topological polar surface area (TPSA) is 83.2 Å². The lowest BCUT2D eigenvalue weighted by atomic mass is 9.74. The average Bonchev–Trinajstić information content (AvgIpc) is 3.50. The predicted octanol–water partition coefficient (Wildman–Crippen LogP) is 5.01. The highest BCUT2D eigenvalue weighted by Crippen LogP contribution is 2.45. The Kier molecular flexibility index (Phi) is 6.80. The van der Waals surface area contributed by atoms with Crippen LogP contribution < -0.4 is 10.3 Å². The van der Waals surface area contributed by atoms with Crippen LogP contribution in [0.4, 0.5) is 11.4 Å². The Hall–Kier alpha value is -2.89. The summed E-state index contributed by atoms with van der Waals surface area (Å²) in [4.78, 5) is 16.1. The van der Waals surface area contributed by atoms with E-state index in [1.165, 1.54) is 25.7 Å². The van der Waals surface area contributed by atoms with Crippen LogP contribution in [0.2, 0.25) is 5.02 Å². The van der Waals surface area contributed by atoms with Gasteiger partial charge in [0.2, 0.25) is 5.69 Å². The molecule has 0 spiro atoms. The van der Waals surface area contributed by atoms with Crippen molar-refractivity contribution in [3.63, 3.8) is 0 Å². The molecule has 0 saturated heterocycles. The van der Waals surface area contributed by atoms with Crippen molar-refractivity contribution in [2.45, 2.75) is 44.6 Å². The molecular weight excluding hydrogens is 496 g/mol. The SMILES string of the molecule is [C-]#[N+]c1ccc(N2N=C3c4ccc(C(=O)NCCS(C)(=O)=O)cc4CC[C@@H]3[C@@H]2C2CCCC2)cc1Cl. The fraction of sp³-hybridized carbons (Fsp3) is 0.444. The fourth-order valence-corrected chi connectivity index (χ4v) is 6.58. The van der Waals surface area contributed by atoms with Crippen molar-refractivity contribution in [1.29, 1.82) is 0 Å². The second kappa shape index (κ2) is 9.87. The van der Waals surface area contributed by atoms with E-state index >= 15 is 0 Å². The molecule has 2 aromatic rings. The minimum Gasteiger partial charge on any atom is -0.351 e. The van der Waals surface area contributed by atoms with Crippen LogP contribution in [-0.4, -0.2) is 44.6 Å². The number of nitrogens with zero attached hydrogens (tertiary/aromatic N) is 3. The van der Waals surface area contributed by atoms with Crippen LogP contribution >= 0.6 is 11.6 Å². The molecule has 2 aromatic carbocycles. The van der Waals surface area contributed by atoms with Gasteiger partial charge in [0, 0.05) is 34.9 Å². The summed E-state index contributed by atoms with van der Waals surface area (Å²) in [5.41, 5.74) is 5.11. The number of amides is 1. The van der Waals surface area contributed by atoms with Gasteiger partial charge in [-0.15, -0.1) is 0 Å². The van der Waals surface area contributed by atoms with Crippen molar-refractivity contribution in [1.82, 2.24) is 5.32 Å². The normalized spacial score (nSPS) is 21.5. The number of sulfone groups is 1. The highest BCUT2D eigenvalue weighted by atomic mass is 35.5. The Balaban J connectivity index is 1.45. The van der Waals surface area contributed by atoms with Crippen molar-refractivity contribution < 1.29 is 13.2 Å². The number of carbonyl (C=O) groups is 1. The van der Waals surface area contributed by atoms with Crippen LogP contribution in [0.5, 0.6) is 0 Å². The van der Waals surface area contributed by atoms with Gasteiger partial charge < -0.3 is 5.32 Å². The van der Waals surface area contributed by atoms with Gasteiger partial charge in [-0.3, -0.25) is 9.80 Å². The number of hydrogen-bond donors (Lipinski definition) is 1. The van der Waals surface area contributed by atoms with Gasteiger partial charge in [0.15, 0.2) is 0 Å². The molecule has 1 fully saturated rings. The molecule has 2 atom stereocenters. The molecule has 1 amide bonds. The summed E-state index contributed by atoms with van der Waals surface area (Å²) in [6.45, 7) is 7.40. The summed E-state index contributed by atoms with van der Waals surface area (Å²) in [7, 11) is -3.13. The number of benzene rings is 2. The number of hydrogen-bond acceptors (Lipinski definition) is 5. The van der Waals surface area contributed by atoms with Crippen molar-refractivity contribution in [3.05, 3.63) is 69.5 Å². The zero-order valence-electron chi connectivity index (χ0n) is 20.2. The molecule has 1 saturated carbocycles. The number of fused-ring (bicyclic) bond motifs is 3. The monoisotopic (exact) mass is 524 g/mol. The number of aryl methyl sites for hydroxylation is 1. The van der Waals surface area contributed by atoms with E-state index in [-0.39, 0.29) is 24.2 Å². The summed E-state index contributed by atoms with van der Waals surface area (Å²) in [6, 6.07) is 11.5. The lowest BCUT2D eigenvalue weighted by Crippen LogP contribution is -2.40. The maximum atomic E-state index is 12.6. The molecule has 36 heavy (non-hydrogen) atoms. The third-order valence-electron chi connectivity index (χ3n) is 7.59. The maximum Gasteiger partial charge on any atom is 0.251 e. The number of rotatable bonds is 6. The van der Waals surface area contributed by atoms with Crippen LogP contribution in [0.3, 0.4) is 0 Å². The zero-order chi connectivity index (χ0) is 25.4. The van der Waals surface area contributed by atoms with Gasteiger partial charge in [-0.25, -0.2) is 13.3 Å². The highest BCUT2D eigenvalue weighted by Gasteiger charge is 2.45. The molecule has 1 heterocycles. The van der Waals surface area contributed by atoms with Crippen LogP contribution in [0.15, 0.2) is 41.5 Å². The zero-order valence-corrected chi connectivity index (χ0v) is 21.8. The van der Waals surface area contributed by atoms with E-state index in [2.05, 4.69) is 15.2 Å². The number of hydrazone groups is 1. The quantitative estimate of drug-likeness (QED) is 0.538. The molecule has 0 unspecified atom stereocenters.